The van der Waals surface area contributed by atoms with E-state index >= 15 is 0 Å². The van der Waals surface area contributed by atoms with E-state index in [1.165, 1.54) is 0 Å². The maximum atomic E-state index is 11.8. The Morgan fingerprint density at radius 2 is 2.10 bits per heavy atom. The second-order valence-electron chi connectivity index (χ2n) is 4.48. The Kier molecular flexibility index (Phi) is 5.83. The summed E-state index contributed by atoms with van der Waals surface area (Å²) in [5.41, 5.74) is 1.53. The minimum atomic E-state index is -0.933. The van der Waals surface area contributed by atoms with Crippen molar-refractivity contribution in [1.29, 1.82) is 0 Å². The number of rotatable bonds is 6. The number of nitrogens with one attached hydrogen (secondary N) is 2. The molecular formula is C14H20N2O4. The molecule has 0 saturated carbocycles. The molecule has 1 aromatic rings. The highest BCUT2D eigenvalue weighted by atomic mass is 16.5. The van der Waals surface area contributed by atoms with E-state index in [1.807, 2.05) is 19.9 Å². The summed E-state index contributed by atoms with van der Waals surface area (Å²) in [6.07, 6.45) is 0.465. The van der Waals surface area contributed by atoms with E-state index in [-0.39, 0.29) is 12.5 Å². The van der Waals surface area contributed by atoms with Crippen LogP contribution in [-0.4, -0.2) is 30.3 Å². The van der Waals surface area contributed by atoms with Gasteiger partial charge in [-0.05, 0) is 37.1 Å². The van der Waals surface area contributed by atoms with Crippen molar-refractivity contribution < 1.29 is 19.4 Å². The number of carboxylic acids is 1. The molecule has 0 radical (unpaired) electrons. The number of hydrogen-bond donors (Lipinski definition) is 3. The maximum Gasteiger partial charge on any atom is 0.319 e. The standard InChI is InChI=1S/C14H20N2O4/c1-4-10(8-13(17)18)15-14(19)16-12-6-5-11(20-3)7-9(12)2/h5-7,10H,4,8H2,1-3H3,(H,17,18)(H2,15,16,19). The van der Waals surface area contributed by atoms with Crippen LogP contribution in [0, 0.1) is 6.92 Å². The maximum absolute atomic E-state index is 11.8. The van der Waals surface area contributed by atoms with Crippen LogP contribution in [0.25, 0.3) is 0 Å². The third kappa shape index (κ3) is 4.79. The van der Waals surface area contributed by atoms with Gasteiger partial charge in [0.2, 0.25) is 0 Å². The third-order valence-corrected chi connectivity index (χ3v) is 2.93. The van der Waals surface area contributed by atoms with Crippen LogP contribution in [0.15, 0.2) is 18.2 Å². The fourth-order valence-electron chi connectivity index (χ4n) is 1.76. The SMILES string of the molecule is CCC(CC(=O)O)NC(=O)Nc1ccc(OC)cc1C. The number of anilines is 1. The quantitative estimate of drug-likeness (QED) is 0.746. The van der Waals surface area contributed by atoms with Gasteiger partial charge in [-0.1, -0.05) is 6.92 Å². The zero-order chi connectivity index (χ0) is 15.1. The van der Waals surface area contributed by atoms with Crippen LogP contribution in [-0.2, 0) is 4.79 Å². The second-order valence-corrected chi connectivity index (χ2v) is 4.48. The van der Waals surface area contributed by atoms with Crippen LogP contribution in [0.4, 0.5) is 10.5 Å². The van der Waals surface area contributed by atoms with Gasteiger partial charge in [0.15, 0.2) is 0 Å². The lowest BCUT2D eigenvalue weighted by molar-refractivity contribution is -0.137. The Morgan fingerprint density at radius 1 is 1.40 bits per heavy atom. The normalized spacial score (nSPS) is 11.6. The van der Waals surface area contributed by atoms with Crippen LogP contribution in [0.5, 0.6) is 5.75 Å². The monoisotopic (exact) mass is 280 g/mol. The fraction of sp³-hybridized carbons (Fsp3) is 0.429. The van der Waals surface area contributed by atoms with Gasteiger partial charge in [-0.2, -0.15) is 0 Å². The molecule has 0 saturated heterocycles. The summed E-state index contributed by atoms with van der Waals surface area (Å²) >= 11 is 0. The van der Waals surface area contributed by atoms with Crippen molar-refractivity contribution in [2.75, 3.05) is 12.4 Å². The summed E-state index contributed by atoms with van der Waals surface area (Å²) in [5, 5.41) is 14.1. The molecule has 1 aromatic carbocycles. The van der Waals surface area contributed by atoms with Crippen LogP contribution < -0.4 is 15.4 Å². The first kappa shape index (κ1) is 15.8. The number of carbonyl (C=O) groups is 2. The molecule has 1 rings (SSSR count). The Balaban J connectivity index is 2.63. The average Bonchev–Trinajstić information content (AvgIpc) is 2.39. The molecule has 0 heterocycles. The minimum Gasteiger partial charge on any atom is -0.497 e. The highest BCUT2D eigenvalue weighted by Crippen LogP contribution is 2.20. The largest absolute Gasteiger partial charge is 0.497 e. The first-order valence-electron chi connectivity index (χ1n) is 6.40. The number of carbonyl (C=O) groups excluding carboxylic acids is 1. The Hall–Kier alpha value is -2.24. The highest BCUT2D eigenvalue weighted by molar-refractivity contribution is 5.90. The van der Waals surface area contributed by atoms with Crippen molar-refractivity contribution in [2.45, 2.75) is 32.7 Å². The molecule has 1 unspecified atom stereocenters. The molecule has 0 aliphatic rings. The van der Waals surface area contributed by atoms with E-state index in [1.54, 1.807) is 19.2 Å². The molecule has 2 amide bonds. The molecule has 1 atom stereocenters. The molecule has 6 nitrogen and oxygen atoms in total. The number of urea groups is 1. The molecule has 20 heavy (non-hydrogen) atoms. The number of amides is 2. The summed E-state index contributed by atoms with van der Waals surface area (Å²) < 4.78 is 5.09. The van der Waals surface area contributed by atoms with Gasteiger partial charge in [-0.3, -0.25) is 4.79 Å². The predicted octanol–water partition coefficient (Wildman–Crippen LogP) is 2.38. The van der Waals surface area contributed by atoms with Gasteiger partial charge >= 0.3 is 12.0 Å². The molecule has 6 heteroatoms. The van der Waals surface area contributed by atoms with Crippen LogP contribution in [0.3, 0.4) is 0 Å². The second kappa shape index (κ2) is 7.37. The third-order valence-electron chi connectivity index (χ3n) is 2.93. The summed E-state index contributed by atoms with van der Waals surface area (Å²) in [4.78, 5) is 22.5. The predicted molar refractivity (Wildman–Crippen MR) is 76.2 cm³/mol. The van der Waals surface area contributed by atoms with E-state index in [0.29, 0.717) is 17.9 Å². The van der Waals surface area contributed by atoms with Gasteiger partial charge in [-0.25, -0.2) is 4.79 Å². The van der Waals surface area contributed by atoms with Gasteiger partial charge in [-0.15, -0.1) is 0 Å². The number of carboxylic acid groups (broad SMARTS) is 1. The van der Waals surface area contributed by atoms with E-state index in [4.69, 9.17) is 9.84 Å². The summed E-state index contributed by atoms with van der Waals surface area (Å²) in [6.45, 7) is 3.68. The van der Waals surface area contributed by atoms with Gasteiger partial charge in [0.05, 0.1) is 13.5 Å². The molecule has 0 aliphatic carbocycles. The van der Waals surface area contributed by atoms with Crippen LogP contribution in [0.2, 0.25) is 0 Å². The number of hydrogen-bond acceptors (Lipinski definition) is 3. The first-order valence-corrected chi connectivity index (χ1v) is 6.40. The van der Waals surface area contributed by atoms with Gasteiger partial charge < -0.3 is 20.5 Å². The van der Waals surface area contributed by atoms with Crippen molar-refractivity contribution in [3.63, 3.8) is 0 Å². The minimum absolute atomic E-state index is 0.0918. The van der Waals surface area contributed by atoms with E-state index in [9.17, 15) is 9.59 Å². The van der Waals surface area contributed by atoms with Crippen molar-refractivity contribution in [2.24, 2.45) is 0 Å². The number of benzene rings is 1. The highest BCUT2D eigenvalue weighted by Gasteiger charge is 2.14. The van der Waals surface area contributed by atoms with E-state index in [0.717, 1.165) is 5.56 Å². The zero-order valence-corrected chi connectivity index (χ0v) is 11.9. The Bertz CT molecular complexity index is 488. The lowest BCUT2D eigenvalue weighted by atomic mass is 10.1. The van der Waals surface area contributed by atoms with Gasteiger partial charge in [0, 0.05) is 11.7 Å². The van der Waals surface area contributed by atoms with Gasteiger partial charge in [0.25, 0.3) is 0 Å². The zero-order valence-electron chi connectivity index (χ0n) is 11.9. The van der Waals surface area contributed by atoms with Crippen molar-refractivity contribution in [3.05, 3.63) is 23.8 Å². The summed E-state index contributed by atoms with van der Waals surface area (Å²) in [6, 6.07) is 4.50. The molecule has 0 aliphatic heterocycles. The van der Waals surface area contributed by atoms with Crippen molar-refractivity contribution >= 4 is 17.7 Å². The number of ether oxygens (including phenoxy) is 1. The average molecular weight is 280 g/mol. The summed E-state index contributed by atoms with van der Waals surface area (Å²) in [5.74, 6) is -0.219. The van der Waals surface area contributed by atoms with E-state index < -0.39 is 12.0 Å². The molecule has 110 valence electrons. The topological polar surface area (TPSA) is 87.7 Å². The lowest BCUT2D eigenvalue weighted by Crippen LogP contribution is -2.39. The smallest absolute Gasteiger partial charge is 0.319 e. The molecular weight excluding hydrogens is 260 g/mol. The molecule has 0 bridgehead atoms. The van der Waals surface area contributed by atoms with E-state index in [2.05, 4.69) is 10.6 Å². The van der Waals surface area contributed by atoms with Crippen LogP contribution >= 0.6 is 0 Å². The van der Waals surface area contributed by atoms with Crippen LogP contribution in [0.1, 0.15) is 25.3 Å². The molecule has 0 fully saturated rings. The number of methoxy groups -OCH3 is 1. The lowest BCUT2D eigenvalue weighted by Gasteiger charge is -2.16. The number of aryl methyl sites for hydroxylation is 1. The van der Waals surface area contributed by atoms with Crippen molar-refractivity contribution in [3.8, 4) is 5.75 Å². The molecule has 3 N–H and O–H groups in total. The Labute approximate surface area is 118 Å². The Morgan fingerprint density at radius 3 is 2.60 bits per heavy atom. The number of aliphatic carboxylic acids is 1. The first-order chi connectivity index (χ1) is 9.46. The molecule has 0 spiro atoms. The summed E-state index contributed by atoms with van der Waals surface area (Å²) in [7, 11) is 1.58. The van der Waals surface area contributed by atoms with Gasteiger partial charge in [0.1, 0.15) is 5.75 Å². The van der Waals surface area contributed by atoms with Crippen molar-refractivity contribution in [1.82, 2.24) is 5.32 Å². The molecule has 0 aromatic heterocycles. The fourth-order valence-corrected chi connectivity index (χ4v) is 1.76.